The maximum atomic E-state index is 9.53. The van der Waals surface area contributed by atoms with Gasteiger partial charge in [-0.25, -0.2) is 0 Å². The van der Waals surface area contributed by atoms with Crippen LogP contribution < -0.4 is 15.3 Å². The molecule has 0 heterocycles. The fourth-order valence-electron chi connectivity index (χ4n) is 3.49. The molecule has 5 heteroatoms. The molecule has 0 amide bonds. The summed E-state index contributed by atoms with van der Waals surface area (Å²) in [4.78, 5) is 0. The first-order valence-corrected chi connectivity index (χ1v) is 16.2. The van der Waals surface area contributed by atoms with Crippen LogP contribution in [0.5, 0.6) is 0 Å². The molecule has 38 heavy (non-hydrogen) atoms. The summed E-state index contributed by atoms with van der Waals surface area (Å²) < 4.78 is 5.78. The van der Waals surface area contributed by atoms with Gasteiger partial charge in [0.15, 0.2) is 0 Å². The third-order valence-electron chi connectivity index (χ3n) is 5.28. The Bertz CT molecular complexity index is 294. The fourth-order valence-corrected chi connectivity index (χ4v) is 3.49. The summed E-state index contributed by atoms with van der Waals surface area (Å²) in [7, 11) is 0. The minimum atomic E-state index is -0.417. The minimum absolute atomic E-state index is 0. The van der Waals surface area contributed by atoms with Gasteiger partial charge in [-0.3, -0.25) is 0 Å². The molecule has 0 rings (SSSR count). The molecule has 0 fully saturated rings. The molecule has 0 aliphatic heterocycles. The molecule has 0 N–H and O–H groups in total. The van der Waals surface area contributed by atoms with Crippen molar-refractivity contribution in [3.05, 3.63) is 0 Å². The number of hydrogen-bond acceptors (Lipinski definition) is 4. The molecule has 0 aromatic rings. The van der Waals surface area contributed by atoms with Crippen molar-refractivity contribution in [3.8, 4) is 0 Å². The van der Waals surface area contributed by atoms with Crippen LogP contribution in [0.4, 0.5) is 0 Å². The topological polar surface area (TPSA) is 78.4 Å². The molecule has 4 nitrogen and oxygen atoms in total. The van der Waals surface area contributed by atoms with E-state index in [0.29, 0.717) is 0 Å². The summed E-state index contributed by atoms with van der Waals surface area (Å²) in [5.74, 6) is 0. The van der Waals surface area contributed by atoms with E-state index in [4.69, 9.17) is 4.74 Å². The van der Waals surface area contributed by atoms with Gasteiger partial charge in [0.25, 0.3) is 0 Å². The van der Waals surface area contributed by atoms with Crippen molar-refractivity contribution in [1.82, 2.24) is 0 Å². The van der Waals surface area contributed by atoms with Crippen LogP contribution in [0.1, 0.15) is 184 Å². The van der Waals surface area contributed by atoms with E-state index < -0.39 is 18.3 Å². The van der Waals surface area contributed by atoms with Crippen molar-refractivity contribution < 1.29 is 55.7 Å². The summed E-state index contributed by atoms with van der Waals surface area (Å²) in [6.07, 6.45) is 26.9. The predicted octanol–water partition coefficient (Wildman–Crippen LogP) is 8.11. The fraction of sp³-hybridized carbons (Fsp3) is 1.00. The van der Waals surface area contributed by atoms with Crippen LogP contribution >= 0.6 is 0 Å². The van der Waals surface area contributed by atoms with Crippen molar-refractivity contribution in [1.29, 1.82) is 0 Å². The Labute approximate surface area is 269 Å². The largest absolute Gasteiger partial charge is 3.00 e. The van der Waals surface area contributed by atoms with Gasteiger partial charge in [0, 0.05) is 13.2 Å². The van der Waals surface area contributed by atoms with Crippen LogP contribution in [-0.2, 0) is 4.74 Å². The summed E-state index contributed by atoms with van der Waals surface area (Å²) in [5, 5.41) is 28.6. The first-order chi connectivity index (χ1) is 17.6. The third kappa shape index (κ3) is 90.6. The first kappa shape index (κ1) is 48.7. The molecule has 0 aliphatic carbocycles. The predicted molar refractivity (Wildman–Crippen MR) is 160 cm³/mol. The molecule has 0 aromatic carbocycles. The van der Waals surface area contributed by atoms with E-state index >= 15 is 0 Å². The Kier molecular flexibility index (Phi) is 61.3. The second kappa shape index (κ2) is 47.8. The van der Waals surface area contributed by atoms with Crippen molar-refractivity contribution in [2.24, 2.45) is 0 Å². The second-order valence-corrected chi connectivity index (χ2v) is 11.1. The van der Waals surface area contributed by atoms with E-state index in [9.17, 15) is 15.3 Å². The summed E-state index contributed by atoms with van der Waals surface area (Å²) in [5.41, 5.74) is 0. The number of ether oxygens (including phenoxy) is 1. The smallest absolute Gasteiger partial charge is 0.852 e. The van der Waals surface area contributed by atoms with Gasteiger partial charge >= 0.3 is 35.6 Å². The van der Waals surface area contributed by atoms with Gasteiger partial charge < -0.3 is 20.1 Å². The molecule has 0 bridgehead atoms. The first-order valence-electron chi connectivity index (χ1n) is 16.2. The average molecular weight is 671 g/mol. The van der Waals surface area contributed by atoms with E-state index in [-0.39, 0.29) is 35.6 Å². The average Bonchev–Trinajstić information content (AvgIpc) is 2.79. The van der Waals surface area contributed by atoms with Crippen LogP contribution in [0, 0.1) is 35.6 Å². The molecular weight excluding hydrogens is 599 g/mol. The quantitative estimate of drug-likeness (QED) is 0.109. The van der Waals surface area contributed by atoms with E-state index in [1.54, 1.807) is 41.5 Å². The van der Waals surface area contributed by atoms with Crippen LogP contribution in [0.25, 0.3) is 0 Å². The van der Waals surface area contributed by atoms with Crippen molar-refractivity contribution in [2.45, 2.75) is 202 Å². The summed E-state index contributed by atoms with van der Waals surface area (Å²) >= 11 is 0. The maximum Gasteiger partial charge on any atom is 3.00 e. The van der Waals surface area contributed by atoms with Gasteiger partial charge in [0.2, 0.25) is 0 Å². The third-order valence-corrected chi connectivity index (χ3v) is 5.28. The van der Waals surface area contributed by atoms with Gasteiger partial charge in [-0.1, -0.05) is 171 Å². The number of rotatable bonds is 22. The minimum Gasteiger partial charge on any atom is -0.852 e. The zero-order chi connectivity index (χ0) is 29.0. The van der Waals surface area contributed by atoms with Crippen molar-refractivity contribution in [3.63, 3.8) is 0 Å². The van der Waals surface area contributed by atoms with Crippen LogP contribution in [0.3, 0.4) is 0 Å². The van der Waals surface area contributed by atoms with Crippen LogP contribution in [0.2, 0.25) is 0 Å². The standard InChI is InChI=1S/C24H50O.3C3H7O.La/c1-3-5-7-9-11-13-15-17-19-21-23-25-24-22-20-18-16-14-12-10-8-6-4-2;3*1-3(2)4;/h3-24H2,1-2H3;3*3H,1-2H3;/q;3*-1;+3. The molecule has 0 aromatic heterocycles. The Morgan fingerprint density at radius 2 is 0.526 bits per heavy atom. The monoisotopic (exact) mass is 670 g/mol. The van der Waals surface area contributed by atoms with Gasteiger partial charge in [-0.15, -0.1) is 18.3 Å². The Morgan fingerprint density at radius 1 is 0.368 bits per heavy atom. The zero-order valence-corrected chi connectivity index (χ0v) is 31.1. The normalized spacial score (nSPS) is 10.3. The second-order valence-electron chi connectivity index (χ2n) is 11.1. The summed E-state index contributed by atoms with van der Waals surface area (Å²) in [6.45, 7) is 16.2. The molecule has 0 unspecified atom stereocenters. The number of unbranched alkanes of at least 4 members (excludes halogenated alkanes) is 18. The Balaban J connectivity index is -0.000000232. The Hall–Kier alpha value is 1.03. The molecule has 230 valence electrons. The van der Waals surface area contributed by atoms with Gasteiger partial charge in [0.05, 0.1) is 0 Å². The Morgan fingerprint density at radius 3 is 0.711 bits per heavy atom. The number of hydrogen-bond donors (Lipinski definition) is 0. The molecule has 0 radical (unpaired) electrons. The summed E-state index contributed by atoms with van der Waals surface area (Å²) in [6, 6.07) is 0. The van der Waals surface area contributed by atoms with E-state index in [1.165, 1.54) is 128 Å². The van der Waals surface area contributed by atoms with Gasteiger partial charge in [0.1, 0.15) is 0 Å². The molecule has 0 saturated carbocycles. The van der Waals surface area contributed by atoms with Crippen LogP contribution in [0.15, 0.2) is 0 Å². The van der Waals surface area contributed by atoms with Gasteiger partial charge in [-0.2, -0.15) is 0 Å². The zero-order valence-electron chi connectivity index (χ0n) is 27.5. The maximum absolute atomic E-state index is 9.53. The SMILES string of the molecule is CC(C)[O-].CC(C)[O-].CC(C)[O-].CCCCCCCCCCCCOCCCCCCCCCCCC.[La+3]. The molecule has 0 saturated heterocycles. The van der Waals surface area contributed by atoms with Gasteiger partial charge in [-0.05, 0) is 12.8 Å². The molecule has 0 spiro atoms. The van der Waals surface area contributed by atoms with E-state index in [0.717, 1.165) is 13.2 Å². The molecular formula is C33H71LaO4. The van der Waals surface area contributed by atoms with E-state index in [1.807, 2.05) is 0 Å². The van der Waals surface area contributed by atoms with Crippen LogP contribution in [-0.4, -0.2) is 31.5 Å². The van der Waals surface area contributed by atoms with Crippen molar-refractivity contribution >= 4 is 0 Å². The molecule has 0 aliphatic rings. The van der Waals surface area contributed by atoms with Crippen molar-refractivity contribution in [2.75, 3.05) is 13.2 Å². The molecule has 0 atom stereocenters. The van der Waals surface area contributed by atoms with E-state index in [2.05, 4.69) is 13.8 Å².